The van der Waals surface area contributed by atoms with E-state index in [2.05, 4.69) is 26.4 Å². The molecule has 0 aromatic carbocycles. The zero-order valence-electron chi connectivity index (χ0n) is 16.2. The van der Waals surface area contributed by atoms with Crippen LogP contribution in [0.3, 0.4) is 0 Å². The van der Waals surface area contributed by atoms with Gasteiger partial charge in [0.15, 0.2) is 0 Å². The third-order valence-corrected chi connectivity index (χ3v) is 6.44. The highest BCUT2D eigenvalue weighted by atomic mass is 32.1. The highest BCUT2D eigenvalue weighted by Crippen LogP contribution is 2.23. The van der Waals surface area contributed by atoms with E-state index in [1.165, 1.54) is 31.3 Å². The molecule has 0 spiro atoms. The number of nitrogens with one attached hydrogen (secondary N) is 1. The van der Waals surface area contributed by atoms with Crippen molar-refractivity contribution in [3.05, 3.63) is 35.1 Å². The fourth-order valence-electron chi connectivity index (χ4n) is 4.05. The SMILES string of the molecule is O=C(NCCC1=CCCCC1)[C@H]1CCCN(Cc2nc(-c3cccs3)no2)C1. The molecule has 1 fully saturated rings. The van der Waals surface area contributed by atoms with Crippen LogP contribution in [0, 0.1) is 5.92 Å². The van der Waals surface area contributed by atoms with E-state index in [9.17, 15) is 4.79 Å². The van der Waals surface area contributed by atoms with Gasteiger partial charge in [0.1, 0.15) is 0 Å². The number of allylic oxidation sites excluding steroid dienone is 1. The molecule has 1 N–H and O–H groups in total. The molecule has 0 unspecified atom stereocenters. The van der Waals surface area contributed by atoms with E-state index in [1.54, 1.807) is 11.3 Å². The van der Waals surface area contributed by atoms with Crippen LogP contribution in [0.5, 0.6) is 0 Å². The highest BCUT2D eigenvalue weighted by Gasteiger charge is 2.26. The van der Waals surface area contributed by atoms with Gasteiger partial charge >= 0.3 is 0 Å². The predicted molar refractivity (Wildman–Crippen MR) is 110 cm³/mol. The summed E-state index contributed by atoms with van der Waals surface area (Å²) in [7, 11) is 0. The molecule has 2 aliphatic rings. The van der Waals surface area contributed by atoms with Gasteiger partial charge in [-0.1, -0.05) is 22.9 Å². The summed E-state index contributed by atoms with van der Waals surface area (Å²) in [5.41, 5.74) is 1.51. The van der Waals surface area contributed by atoms with Gasteiger partial charge in [0.2, 0.25) is 17.6 Å². The summed E-state index contributed by atoms with van der Waals surface area (Å²) in [6.45, 7) is 3.09. The van der Waals surface area contributed by atoms with Crippen LogP contribution in [0.15, 0.2) is 33.7 Å². The Hall–Kier alpha value is -1.99. The van der Waals surface area contributed by atoms with E-state index in [4.69, 9.17) is 4.52 Å². The molecule has 0 saturated carbocycles. The van der Waals surface area contributed by atoms with Crippen molar-refractivity contribution in [2.45, 2.75) is 51.5 Å². The van der Waals surface area contributed by atoms with Gasteiger partial charge in [-0.3, -0.25) is 9.69 Å². The molecule has 28 heavy (non-hydrogen) atoms. The molecule has 2 aromatic heterocycles. The van der Waals surface area contributed by atoms with Crippen molar-refractivity contribution >= 4 is 17.2 Å². The van der Waals surface area contributed by atoms with Gasteiger partial charge in [-0.05, 0) is 62.9 Å². The van der Waals surface area contributed by atoms with E-state index >= 15 is 0 Å². The zero-order valence-corrected chi connectivity index (χ0v) is 17.0. The van der Waals surface area contributed by atoms with Gasteiger partial charge in [-0.15, -0.1) is 11.3 Å². The zero-order chi connectivity index (χ0) is 19.2. The first-order valence-corrected chi connectivity index (χ1v) is 11.2. The van der Waals surface area contributed by atoms with Gasteiger partial charge in [-0.2, -0.15) is 4.98 Å². The van der Waals surface area contributed by atoms with Crippen LogP contribution in [0.1, 0.15) is 50.8 Å². The second-order valence-electron chi connectivity index (χ2n) is 7.71. The number of hydrogen-bond acceptors (Lipinski definition) is 6. The summed E-state index contributed by atoms with van der Waals surface area (Å²) in [4.78, 5) is 20.4. The first kappa shape index (κ1) is 19.3. The molecule has 7 heteroatoms. The Balaban J connectivity index is 1.24. The number of carbonyl (C=O) groups is 1. The largest absolute Gasteiger partial charge is 0.356 e. The number of nitrogens with zero attached hydrogens (tertiary/aromatic N) is 3. The van der Waals surface area contributed by atoms with Crippen LogP contribution >= 0.6 is 11.3 Å². The lowest BCUT2D eigenvalue weighted by molar-refractivity contribution is -0.126. The van der Waals surface area contributed by atoms with Crippen LogP contribution < -0.4 is 5.32 Å². The van der Waals surface area contributed by atoms with Crippen molar-refractivity contribution in [2.24, 2.45) is 5.92 Å². The minimum atomic E-state index is 0.0498. The number of rotatable bonds is 7. The Morgan fingerprint density at radius 3 is 3.14 bits per heavy atom. The second kappa shape index (κ2) is 9.47. The maximum atomic E-state index is 12.6. The van der Waals surface area contributed by atoms with Gasteiger partial charge in [0.05, 0.1) is 17.3 Å². The fraction of sp³-hybridized carbons (Fsp3) is 0.571. The summed E-state index contributed by atoms with van der Waals surface area (Å²) in [5.74, 6) is 1.50. The van der Waals surface area contributed by atoms with Crippen LogP contribution in [0.2, 0.25) is 0 Å². The predicted octanol–water partition coefficient (Wildman–Crippen LogP) is 4.02. The molecular formula is C21H28N4O2S. The van der Waals surface area contributed by atoms with Gasteiger partial charge in [0, 0.05) is 13.1 Å². The molecular weight excluding hydrogens is 372 g/mol. The lowest BCUT2D eigenvalue weighted by atomic mass is 9.96. The summed E-state index contributed by atoms with van der Waals surface area (Å²) in [6.07, 6.45) is 10.3. The van der Waals surface area contributed by atoms with Gasteiger partial charge in [-0.25, -0.2) is 0 Å². The van der Waals surface area contributed by atoms with Crippen LogP contribution in [-0.4, -0.2) is 40.6 Å². The molecule has 2 aromatic rings. The molecule has 1 aliphatic carbocycles. The smallest absolute Gasteiger partial charge is 0.241 e. The standard InChI is InChI=1S/C21H28N4O2S/c26-21(22-11-10-16-6-2-1-3-7-16)17-8-4-12-25(14-17)15-19-23-20(24-27-19)18-9-5-13-28-18/h5-6,9,13,17H,1-4,7-8,10-12,14-15H2,(H,22,26)/t17-/m0/s1. The van der Waals surface area contributed by atoms with E-state index in [1.807, 2.05) is 17.5 Å². The Bertz CT molecular complexity index is 799. The van der Waals surface area contributed by atoms with E-state index in [-0.39, 0.29) is 11.8 Å². The fourth-order valence-corrected chi connectivity index (χ4v) is 4.70. The number of piperidine rings is 1. The molecule has 1 atom stereocenters. The molecule has 150 valence electrons. The molecule has 4 rings (SSSR count). The number of amides is 1. The highest BCUT2D eigenvalue weighted by molar-refractivity contribution is 7.13. The van der Waals surface area contributed by atoms with Crippen LogP contribution in [0.4, 0.5) is 0 Å². The lowest BCUT2D eigenvalue weighted by Gasteiger charge is -2.30. The number of likely N-dealkylation sites (tertiary alicyclic amines) is 1. The lowest BCUT2D eigenvalue weighted by Crippen LogP contribution is -2.43. The summed E-state index contributed by atoms with van der Waals surface area (Å²) in [5, 5.41) is 9.23. The van der Waals surface area contributed by atoms with Crippen molar-refractivity contribution in [3.63, 3.8) is 0 Å². The van der Waals surface area contributed by atoms with E-state index < -0.39 is 0 Å². The first-order valence-electron chi connectivity index (χ1n) is 10.3. The molecule has 1 amide bonds. The van der Waals surface area contributed by atoms with Crippen molar-refractivity contribution in [3.8, 4) is 10.7 Å². The van der Waals surface area contributed by atoms with Crippen molar-refractivity contribution in [1.82, 2.24) is 20.4 Å². The van der Waals surface area contributed by atoms with E-state index in [0.29, 0.717) is 18.3 Å². The molecule has 0 radical (unpaired) electrons. The van der Waals surface area contributed by atoms with Crippen molar-refractivity contribution in [1.29, 1.82) is 0 Å². The maximum Gasteiger partial charge on any atom is 0.241 e. The topological polar surface area (TPSA) is 71.3 Å². The monoisotopic (exact) mass is 400 g/mol. The molecule has 1 saturated heterocycles. The second-order valence-corrected chi connectivity index (χ2v) is 8.66. The maximum absolute atomic E-state index is 12.6. The number of thiophene rings is 1. The normalized spacial score (nSPS) is 20.7. The third kappa shape index (κ3) is 5.08. The average Bonchev–Trinajstić information content (AvgIpc) is 3.41. The third-order valence-electron chi connectivity index (χ3n) is 5.58. The number of aromatic nitrogens is 2. The average molecular weight is 401 g/mol. The molecule has 3 heterocycles. The minimum Gasteiger partial charge on any atom is -0.356 e. The Morgan fingerprint density at radius 1 is 1.36 bits per heavy atom. The summed E-state index contributed by atoms with van der Waals surface area (Å²) >= 11 is 1.60. The van der Waals surface area contributed by atoms with Gasteiger partial charge in [0.25, 0.3) is 0 Å². The summed E-state index contributed by atoms with van der Waals surface area (Å²) in [6, 6.07) is 3.97. The van der Waals surface area contributed by atoms with E-state index in [0.717, 1.165) is 43.8 Å². The van der Waals surface area contributed by atoms with Crippen molar-refractivity contribution < 1.29 is 9.32 Å². The van der Waals surface area contributed by atoms with Crippen LogP contribution in [0.25, 0.3) is 10.7 Å². The van der Waals surface area contributed by atoms with Gasteiger partial charge < -0.3 is 9.84 Å². The number of carbonyl (C=O) groups excluding carboxylic acids is 1. The minimum absolute atomic E-state index is 0.0498. The Morgan fingerprint density at radius 2 is 2.32 bits per heavy atom. The molecule has 1 aliphatic heterocycles. The Labute approximate surface area is 170 Å². The molecule has 0 bridgehead atoms. The van der Waals surface area contributed by atoms with Crippen LogP contribution in [-0.2, 0) is 11.3 Å². The first-order chi connectivity index (χ1) is 13.8. The van der Waals surface area contributed by atoms with Crippen molar-refractivity contribution in [2.75, 3.05) is 19.6 Å². The summed E-state index contributed by atoms with van der Waals surface area (Å²) < 4.78 is 5.42. The quantitative estimate of drug-likeness (QED) is 0.711. The number of hydrogen-bond donors (Lipinski definition) is 1. The Kier molecular flexibility index (Phi) is 6.54. The molecule has 6 nitrogen and oxygen atoms in total.